The van der Waals surface area contributed by atoms with Gasteiger partial charge in [-0.1, -0.05) is 12.1 Å². The lowest BCUT2D eigenvalue weighted by Gasteiger charge is -2.39. The summed E-state index contributed by atoms with van der Waals surface area (Å²) in [6.45, 7) is 6.75. The molecule has 0 aliphatic carbocycles. The van der Waals surface area contributed by atoms with Gasteiger partial charge in [0.2, 0.25) is 12.2 Å². The van der Waals surface area contributed by atoms with Crippen LogP contribution in [0.25, 0.3) is 0 Å². The van der Waals surface area contributed by atoms with Crippen molar-refractivity contribution in [1.82, 2.24) is 9.78 Å². The molecule has 35 heavy (non-hydrogen) atoms. The first-order valence-electron chi connectivity index (χ1n) is 12.2. The number of aliphatic hydroxyl groups is 4. The van der Waals surface area contributed by atoms with Gasteiger partial charge >= 0.3 is 0 Å². The fraction of sp³-hybridized carbons (Fsp3) is 0.640. The number of rotatable bonds is 9. The third kappa shape index (κ3) is 5.79. The molecule has 0 amide bonds. The normalized spacial score (nSPS) is 29.0. The van der Waals surface area contributed by atoms with E-state index in [1.165, 1.54) is 0 Å². The van der Waals surface area contributed by atoms with Crippen molar-refractivity contribution in [2.75, 3.05) is 19.8 Å². The number of aromatic nitrogens is 2. The van der Waals surface area contributed by atoms with Crippen LogP contribution in [0.1, 0.15) is 49.6 Å². The number of hydrogen-bond donors (Lipinski definition) is 4. The molecule has 2 aliphatic heterocycles. The molecular weight excluding hydrogens is 456 g/mol. The second-order valence-corrected chi connectivity index (χ2v) is 9.49. The Morgan fingerprint density at radius 3 is 2.49 bits per heavy atom. The Labute approximate surface area is 205 Å². The maximum Gasteiger partial charge on any atom is 0.239 e. The van der Waals surface area contributed by atoms with Crippen LogP contribution in [0.4, 0.5) is 0 Å². The summed E-state index contributed by atoms with van der Waals surface area (Å²) in [5.41, 5.74) is 2.72. The largest absolute Gasteiger partial charge is 0.491 e. The predicted molar refractivity (Wildman–Crippen MR) is 125 cm³/mol. The zero-order valence-electron chi connectivity index (χ0n) is 20.4. The zero-order valence-corrected chi connectivity index (χ0v) is 20.4. The minimum absolute atomic E-state index is 0.0643. The average Bonchev–Trinajstić information content (AvgIpc) is 3.48. The summed E-state index contributed by atoms with van der Waals surface area (Å²) in [6, 6.07) is 7.87. The Morgan fingerprint density at radius 1 is 1.11 bits per heavy atom. The third-order valence-corrected chi connectivity index (χ3v) is 6.57. The number of nitrogens with zero attached hydrogens (tertiary/aromatic N) is 2. The number of ether oxygens (including phenoxy) is 4. The van der Waals surface area contributed by atoms with Crippen LogP contribution in [0.5, 0.6) is 11.6 Å². The van der Waals surface area contributed by atoms with E-state index in [1.54, 1.807) is 0 Å². The molecule has 0 bridgehead atoms. The molecule has 2 aliphatic rings. The van der Waals surface area contributed by atoms with Crippen molar-refractivity contribution in [2.24, 2.45) is 0 Å². The summed E-state index contributed by atoms with van der Waals surface area (Å²) in [5.74, 6) is 1.04. The number of hydrogen-bond acceptors (Lipinski definition) is 9. The van der Waals surface area contributed by atoms with Crippen LogP contribution in [0.3, 0.4) is 0 Å². The van der Waals surface area contributed by atoms with Crippen molar-refractivity contribution >= 4 is 0 Å². The van der Waals surface area contributed by atoms with E-state index in [9.17, 15) is 20.4 Å². The molecule has 0 radical (unpaired) electrons. The molecule has 0 spiro atoms. The molecule has 4 N–H and O–H groups in total. The SMILES string of the molecule is Cc1c(Cc2ccc(OC[C@H]3CCCO3)cc2)c(O[C@@H]2O[C@H](CO)[C@@H](O)[C@H](O)[C@H]2O)nn1C(C)C. The molecule has 10 heteroatoms. The molecule has 0 saturated carbocycles. The summed E-state index contributed by atoms with van der Waals surface area (Å²) in [4.78, 5) is 0. The molecule has 3 heterocycles. The van der Waals surface area contributed by atoms with E-state index in [0.717, 1.165) is 42.0 Å². The molecule has 0 unspecified atom stereocenters. The molecule has 1 aromatic carbocycles. The van der Waals surface area contributed by atoms with Gasteiger partial charge < -0.3 is 39.4 Å². The summed E-state index contributed by atoms with van der Waals surface area (Å²) >= 11 is 0. The van der Waals surface area contributed by atoms with Gasteiger partial charge in [-0.05, 0) is 51.3 Å². The standard InChI is InChI=1S/C25H36N2O8/c1-14(2)27-15(3)19(11-16-6-8-17(9-7-16)33-13-18-5-4-10-32-18)24(26-27)35-25-23(31)22(30)21(29)20(12-28)34-25/h6-9,14,18,20-23,25,28-31H,4-5,10-13H2,1-3H3/t18-,20-,21-,22+,23-,25+/m1/s1. The Hall–Kier alpha value is -2.21. The Kier molecular flexibility index (Phi) is 8.31. The van der Waals surface area contributed by atoms with Gasteiger partial charge in [0.1, 0.15) is 36.8 Å². The van der Waals surface area contributed by atoms with Gasteiger partial charge in [-0.3, -0.25) is 4.68 Å². The lowest BCUT2D eigenvalue weighted by molar-refractivity contribution is -0.278. The van der Waals surface area contributed by atoms with Crippen molar-refractivity contribution in [1.29, 1.82) is 0 Å². The molecule has 194 valence electrons. The molecule has 10 nitrogen and oxygen atoms in total. The lowest BCUT2D eigenvalue weighted by Crippen LogP contribution is -2.60. The van der Waals surface area contributed by atoms with E-state index >= 15 is 0 Å². The second kappa shape index (κ2) is 11.2. The van der Waals surface area contributed by atoms with E-state index < -0.39 is 37.3 Å². The van der Waals surface area contributed by atoms with Gasteiger partial charge in [0.15, 0.2) is 0 Å². The van der Waals surface area contributed by atoms with Crippen molar-refractivity contribution in [3.8, 4) is 11.6 Å². The first-order valence-corrected chi connectivity index (χ1v) is 12.2. The second-order valence-electron chi connectivity index (χ2n) is 9.49. The van der Waals surface area contributed by atoms with E-state index in [2.05, 4.69) is 5.10 Å². The number of benzene rings is 1. The van der Waals surface area contributed by atoms with Crippen molar-refractivity contribution in [3.63, 3.8) is 0 Å². The highest BCUT2D eigenvalue weighted by Gasteiger charge is 2.45. The molecule has 2 fully saturated rings. The minimum Gasteiger partial charge on any atom is -0.491 e. The van der Waals surface area contributed by atoms with Crippen molar-refractivity contribution < 1.29 is 39.4 Å². The fourth-order valence-corrected chi connectivity index (χ4v) is 4.47. The highest BCUT2D eigenvalue weighted by atomic mass is 16.7. The van der Waals surface area contributed by atoms with Gasteiger partial charge in [0.05, 0.1) is 12.7 Å². The topological polar surface area (TPSA) is 136 Å². The average molecular weight is 493 g/mol. The third-order valence-electron chi connectivity index (χ3n) is 6.57. The maximum atomic E-state index is 10.4. The van der Waals surface area contributed by atoms with Crippen LogP contribution in [-0.4, -0.2) is 86.8 Å². The summed E-state index contributed by atoms with van der Waals surface area (Å²) in [5, 5.41) is 44.6. The minimum atomic E-state index is -1.52. The van der Waals surface area contributed by atoms with Crippen molar-refractivity contribution in [3.05, 3.63) is 41.1 Å². The smallest absolute Gasteiger partial charge is 0.239 e. The molecular formula is C25H36N2O8. The Morgan fingerprint density at radius 2 is 1.86 bits per heavy atom. The monoisotopic (exact) mass is 492 g/mol. The van der Waals surface area contributed by atoms with E-state index in [0.29, 0.717) is 13.0 Å². The van der Waals surface area contributed by atoms with E-state index in [-0.39, 0.29) is 18.0 Å². The van der Waals surface area contributed by atoms with Crippen LogP contribution in [0, 0.1) is 6.92 Å². The first-order chi connectivity index (χ1) is 16.8. The highest BCUT2D eigenvalue weighted by molar-refractivity contribution is 5.38. The zero-order chi connectivity index (χ0) is 25.1. The van der Waals surface area contributed by atoms with Gasteiger partial charge in [-0.25, -0.2) is 0 Å². The van der Waals surface area contributed by atoms with Gasteiger partial charge in [0.25, 0.3) is 0 Å². The number of aliphatic hydroxyl groups excluding tert-OH is 4. The Balaban J connectivity index is 1.50. The molecule has 2 saturated heterocycles. The van der Waals surface area contributed by atoms with Gasteiger partial charge in [0, 0.05) is 30.3 Å². The van der Waals surface area contributed by atoms with Crippen LogP contribution in [0.15, 0.2) is 24.3 Å². The Bertz CT molecular complexity index is 955. The van der Waals surface area contributed by atoms with Crippen molar-refractivity contribution in [2.45, 2.75) is 82.9 Å². The van der Waals surface area contributed by atoms with Crippen LogP contribution < -0.4 is 9.47 Å². The first kappa shape index (κ1) is 25.9. The van der Waals surface area contributed by atoms with E-state index in [1.807, 2.05) is 49.7 Å². The summed E-state index contributed by atoms with van der Waals surface area (Å²) in [6.07, 6.45) is -4.08. The van der Waals surface area contributed by atoms with E-state index in [4.69, 9.17) is 18.9 Å². The fourth-order valence-electron chi connectivity index (χ4n) is 4.47. The van der Waals surface area contributed by atoms with Gasteiger partial charge in [-0.15, -0.1) is 5.10 Å². The maximum absolute atomic E-state index is 10.4. The molecule has 6 atom stereocenters. The highest BCUT2D eigenvalue weighted by Crippen LogP contribution is 2.31. The van der Waals surface area contributed by atoms with Crippen LogP contribution in [0.2, 0.25) is 0 Å². The predicted octanol–water partition coefficient (Wildman–Crippen LogP) is 1.10. The molecule has 4 rings (SSSR count). The quantitative estimate of drug-likeness (QED) is 0.406. The lowest BCUT2D eigenvalue weighted by atomic mass is 9.99. The van der Waals surface area contributed by atoms with Crippen LogP contribution in [-0.2, 0) is 15.9 Å². The molecule has 1 aromatic heterocycles. The van der Waals surface area contributed by atoms with Crippen LogP contribution >= 0.6 is 0 Å². The van der Waals surface area contributed by atoms with Gasteiger partial charge in [-0.2, -0.15) is 0 Å². The summed E-state index contributed by atoms with van der Waals surface area (Å²) < 4.78 is 24.7. The summed E-state index contributed by atoms with van der Waals surface area (Å²) in [7, 11) is 0. The molecule has 2 aromatic rings.